The third-order valence-electron chi connectivity index (χ3n) is 5.45. The van der Waals surface area contributed by atoms with E-state index in [9.17, 15) is 0 Å². The Kier molecular flexibility index (Phi) is 5.48. The van der Waals surface area contributed by atoms with Crippen molar-refractivity contribution in [2.45, 2.75) is 34.0 Å². The molecule has 3 nitrogen and oxygen atoms in total. The summed E-state index contributed by atoms with van der Waals surface area (Å²) in [5.74, 6) is 2.33. The Balaban J connectivity index is 1.49. The van der Waals surface area contributed by atoms with E-state index in [1.54, 1.807) is 14.2 Å². The van der Waals surface area contributed by atoms with Crippen LogP contribution in [-0.2, 0) is 6.54 Å². The normalized spacial score (nSPS) is 27.7. The van der Waals surface area contributed by atoms with E-state index in [0.717, 1.165) is 24.0 Å². The van der Waals surface area contributed by atoms with Gasteiger partial charge < -0.3 is 9.47 Å². The largest absolute Gasteiger partial charge is 0.493 e. The van der Waals surface area contributed by atoms with Gasteiger partial charge in [-0.1, -0.05) is 46.3 Å². The van der Waals surface area contributed by atoms with Crippen LogP contribution in [0.5, 0.6) is 11.5 Å². The fourth-order valence-corrected chi connectivity index (χ4v) is 7.04. The van der Waals surface area contributed by atoms with Crippen molar-refractivity contribution >= 4 is 27.7 Å². The minimum Gasteiger partial charge on any atom is -0.493 e. The van der Waals surface area contributed by atoms with Crippen LogP contribution in [0.15, 0.2) is 53.4 Å². The molecular formula is C21H24BrNO2S. The van der Waals surface area contributed by atoms with Gasteiger partial charge in [0, 0.05) is 34.1 Å². The number of likely N-dealkylation sites (tertiary alicyclic amines) is 1. The lowest BCUT2D eigenvalue weighted by Crippen LogP contribution is -2.40. The predicted molar refractivity (Wildman–Crippen MR) is 111 cm³/mol. The molecule has 2 fully saturated rings. The number of benzene rings is 2. The molecule has 1 aliphatic carbocycles. The summed E-state index contributed by atoms with van der Waals surface area (Å²) >= 11 is 5.96. The lowest BCUT2D eigenvalue weighted by atomic mass is 10.1. The van der Waals surface area contributed by atoms with Crippen LogP contribution in [-0.4, -0.2) is 41.8 Å². The number of alkyl halides is 1. The second kappa shape index (κ2) is 7.83. The van der Waals surface area contributed by atoms with Gasteiger partial charge in [0.15, 0.2) is 11.5 Å². The van der Waals surface area contributed by atoms with E-state index >= 15 is 0 Å². The average Bonchev–Trinajstić information content (AvgIpc) is 3.13. The number of methoxy groups -OCH3 is 2. The highest BCUT2D eigenvalue weighted by atomic mass is 79.9. The Morgan fingerprint density at radius 3 is 2.54 bits per heavy atom. The molecule has 2 aliphatic rings. The first-order chi connectivity index (χ1) is 12.7. The zero-order valence-electron chi connectivity index (χ0n) is 15.1. The van der Waals surface area contributed by atoms with Crippen molar-refractivity contribution in [3.05, 3.63) is 54.1 Å². The van der Waals surface area contributed by atoms with Crippen molar-refractivity contribution in [1.29, 1.82) is 0 Å². The molecule has 1 saturated heterocycles. The van der Waals surface area contributed by atoms with E-state index in [4.69, 9.17) is 9.47 Å². The van der Waals surface area contributed by atoms with Crippen molar-refractivity contribution in [3.8, 4) is 11.5 Å². The average molecular weight is 434 g/mol. The quantitative estimate of drug-likeness (QED) is 0.607. The highest BCUT2D eigenvalue weighted by molar-refractivity contribution is 9.09. The van der Waals surface area contributed by atoms with E-state index in [-0.39, 0.29) is 0 Å². The molecule has 0 amide bonds. The Labute approximate surface area is 168 Å². The van der Waals surface area contributed by atoms with Crippen LogP contribution in [0.2, 0.25) is 0 Å². The van der Waals surface area contributed by atoms with Crippen LogP contribution < -0.4 is 9.47 Å². The van der Waals surface area contributed by atoms with Crippen molar-refractivity contribution in [2.24, 2.45) is 5.92 Å². The molecule has 5 heteroatoms. The molecule has 1 aliphatic heterocycles. The molecule has 1 saturated carbocycles. The van der Waals surface area contributed by atoms with Crippen LogP contribution in [0.3, 0.4) is 0 Å². The minimum atomic E-state index is 0.568. The summed E-state index contributed by atoms with van der Waals surface area (Å²) in [6.45, 7) is 2.23. The van der Waals surface area contributed by atoms with Crippen molar-refractivity contribution < 1.29 is 9.47 Å². The summed E-state index contributed by atoms with van der Waals surface area (Å²) in [5.41, 5.74) is 1.40. The maximum absolute atomic E-state index is 5.47. The molecule has 2 aromatic rings. The molecule has 0 radical (unpaired) electrons. The highest BCUT2D eigenvalue weighted by Crippen LogP contribution is 2.49. The number of hydrogen-bond donors (Lipinski definition) is 0. The summed E-state index contributed by atoms with van der Waals surface area (Å²) in [4.78, 5) is 4.49. The Hall–Kier alpha value is -1.17. The van der Waals surface area contributed by atoms with Crippen LogP contribution in [0.1, 0.15) is 12.0 Å². The summed E-state index contributed by atoms with van der Waals surface area (Å²) in [6, 6.07) is 17.6. The summed E-state index contributed by atoms with van der Waals surface area (Å²) in [7, 11) is 3.37. The van der Waals surface area contributed by atoms with Gasteiger partial charge in [0.1, 0.15) is 0 Å². The zero-order chi connectivity index (χ0) is 18.1. The third kappa shape index (κ3) is 3.49. The predicted octanol–water partition coefficient (Wildman–Crippen LogP) is 4.83. The van der Waals surface area contributed by atoms with Gasteiger partial charge in [0.05, 0.1) is 14.2 Å². The van der Waals surface area contributed by atoms with Gasteiger partial charge in [0.25, 0.3) is 0 Å². The number of halogens is 1. The minimum absolute atomic E-state index is 0.568. The molecule has 2 bridgehead atoms. The Bertz CT molecular complexity index is 757. The van der Waals surface area contributed by atoms with E-state index in [1.807, 2.05) is 17.8 Å². The van der Waals surface area contributed by atoms with Crippen LogP contribution in [0, 0.1) is 5.92 Å². The van der Waals surface area contributed by atoms with Crippen molar-refractivity contribution in [2.75, 3.05) is 20.8 Å². The first-order valence-electron chi connectivity index (χ1n) is 9.00. The second-order valence-electron chi connectivity index (χ2n) is 7.02. The molecule has 0 spiro atoms. The van der Waals surface area contributed by atoms with E-state index < -0.39 is 0 Å². The fourth-order valence-electron chi connectivity index (χ4n) is 4.26. The number of thioether (sulfide) groups is 1. The molecule has 0 N–H and O–H groups in total. The molecule has 0 aromatic heterocycles. The Morgan fingerprint density at radius 1 is 1.08 bits per heavy atom. The van der Waals surface area contributed by atoms with Gasteiger partial charge in [-0.25, -0.2) is 0 Å². The lowest BCUT2D eigenvalue weighted by molar-refractivity contribution is 0.211. The molecule has 26 heavy (non-hydrogen) atoms. The molecule has 4 atom stereocenters. The maximum atomic E-state index is 5.47. The number of fused-ring (bicyclic) bond motifs is 2. The van der Waals surface area contributed by atoms with E-state index in [2.05, 4.69) is 63.3 Å². The second-order valence-corrected chi connectivity index (χ2v) is 9.39. The van der Waals surface area contributed by atoms with Crippen LogP contribution >= 0.6 is 27.7 Å². The third-order valence-corrected chi connectivity index (χ3v) is 8.04. The molecule has 0 unspecified atom stereocenters. The molecule has 2 aromatic carbocycles. The first kappa shape index (κ1) is 18.2. The van der Waals surface area contributed by atoms with Crippen molar-refractivity contribution in [3.63, 3.8) is 0 Å². The molecule has 1 heterocycles. The smallest absolute Gasteiger partial charge is 0.161 e. The van der Waals surface area contributed by atoms with Gasteiger partial charge in [-0.3, -0.25) is 4.90 Å². The summed E-state index contributed by atoms with van der Waals surface area (Å²) in [6.07, 6.45) is 1.27. The number of ether oxygens (including phenoxy) is 2. The highest BCUT2D eigenvalue weighted by Gasteiger charge is 2.51. The lowest BCUT2D eigenvalue weighted by Gasteiger charge is -2.33. The van der Waals surface area contributed by atoms with Gasteiger partial charge in [0.2, 0.25) is 0 Å². The van der Waals surface area contributed by atoms with Crippen LogP contribution in [0.25, 0.3) is 0 Å². The van der Waals surface area contributed by atoms with Gasteiger partial charge >= 0.3 is 0 Å². The standard InChI is InChI=1S/C21H24BrNO2S/c1-24-17-9-8-16(11-18(17)25-2)26-19-10-15-13-23(21(19)20(15)22)12-14-6-4-3-5-7-14/h3-9,11,15,19-21H,10,12-13H2,1-2H3/t15-,19-,20-,21+/m0/s1. The van der Waals surface area contributed by atoms with Gasteiger partial charge in [-0.05, 0) is 36.1 Å². The molecule has 4 rings (SSSR count). The zero-order valence-corrected chi connectivity index (χ0v) is 17.5. The molecule has 138 valence electrons. The van der Waals surface area contributed by atoms with Crippen molar-refractivity contribution in [1.82, 2.24) is 4.90 Å². The number of piperidine rings is 1. The summed E-state index contributed by atoms with van der Waals surface area (Å²) < 4.78 is 10.8. The SMILES string of the molecule is COc1ccc(S[C@H]2C[C@H]3CN(Cc4ccccc4)[C@H]2[C@H]3Br)cc1OC. The Morgan fingerprint density at radius 2 is 1.85 bits per heavy atom. The number of rotatable bonds is 6. The van der Waals surface area contributed by atoms with E-state index in [1.165, 1.54) is 23.4 Å². The molecular weight excluding hydrogens is 410 g/mol. The number of nitrogens with zero attached hydrogens (tertiary/aromatic N) is 1. The van der Waals surface area contributed by atoms with Crippen LogP contribution in [0.4, 0.5) is 0 Å². The summed E-state index contributed by atoms with van der Waals surface area (Å²) in [5, 5.41) is 0.597. The van der Waals surface area contributed by atoms with Gasteiger partial charge in [-0.2, -0.15) is 0 Å². The fraction of sp³-hybridized carbons (Fsp3) is 0.429. The maximum Gasteiger partial charge on any atom is 0.161 e. The first-order valence-corrected chi connectivity index (χ1v) is 10.8. The monoisotopic (exact) mass is 433 g/mol. The van der Waals surface area contributed by atoms with E-state index in [0.29, 0.717) is 16.1 Å². The van der Waals surface area contributed by atoms with Gasteiger partial charge in [-0.15, -0.1) is 11.8 Å². The topological polar surface area (TPSA) is 21.7 Å². The number of hydrogen-bond acceptors (Lipinski definition) is 4.